The molecule has 3 nitrogen and oxygen atoms in total. The first kappa shape index (κ1) is 19.5. The van der Waals surface area contributed by atoms with Crippen LogP contribution in [0.5, 0.6) is 11.5 Å². The normalized spacial score (nSPS) is 10.9. The summed E-state index contributed by atoms with van der Waals surface area (Å²) in [6.45, 7) is 2.53. The van der Waals surface area contributed by atoms with Crippen LogP contribution in [-0.4, -0.2) is 13.2 Å². The number of terminal acetylenes is 1. The number of rotatable bonds is 6. The Morgan fingerprint density at radius 2 is 1.93 bits per heavy atom. The molecule has 0 fully saturated rings. The van der Waals surface area contributed by atoms with E-state index in [0.29, 0.717) is 23.7 Å². The molecular weight excluding hydrogens is 414 g/mol. The van der Waals surface area contributed by atoms with Crippen LogP contribution < -0.4 is 9.47 Å². The second kappa shape index (κ2) is 9.13. The smallest absolute Gasteiger partial charge is 0.176 e. The Morgan fingerprint density at radius 3 is 2.68 bits per heavy atom. The molecule has 3 aromatic rings. The molecule has 0 radical (unpaired) electrons. The first-order valence-electron chi connectivity index (χ1n) is 8.80. The molecule has 0 bridgehead atoms. The first-order valence-corrected chi connectivity index (χ1v) is 9.59. The molecule has 138 valence electrons. The molecule has 0 atom stereocenters. The van der Waals surface area contributed by atoms with E-state index in [4.69, 9.17) is 15.9 Å². The van der Waals surface area contributed by atoms with Crippen LogP contribution in [0.2, 0.25) is 0 Å². The highest BCUT2D eigenvalue weighted by Gasteiger charge is 2.13. The van der Waals surface area contributed by atoms with Crippen LogP contribution in [0.1, 0.15) is 18.1 Å². The Kier molecular flexibility index (Phi) is 6.37. The lowest BCUT2D eigenvalue weighted by Gasteiger charge is -2.13. The van der Waals surface area contributed by atoms with E-state index in [0.717, 1.165) is 26.4 Å². The van der Waals surface area contributed by atoms with Gasteiger partial charge in [-0.15, -0.1) is 6.42 Å². The maximum atomic E-state index is 9.80. The third kappa shape index (κ3) is 4.19. The van der Waals surface area contributed by atoms with Crippen molar-refractivity contribution in [1.29, 1.82) is 5.26 Å². The molecule has 3 rings (SSSR count). The molecule has 0 amide bonds. The average Bonchev–Trinajstić information content (AvgIpc) is 2.71. The summed E-state index contributed by atoms with van der Waals surface area (Å²) in [7, 11) is 0. The lowest BCUT2D eigenvalue weighted by Crippen LogP contribution is -2.00. The summed E-state index contributed by atoms with van der Waals surface area (Å²) in [6.07, 6.45) is 7.14. The predicted octanol–water partition coefficient (Wildman–Crippen LogP) is 6.08. The minimum atomic E-state index is 0.146. The molecule has 0 spiro atoms. The highest BCUT2D eigenvalue weighted by molar-refractivity contribution is 9.10. The van der Waals surface area contributed by atoms with Crippen LogP contribution in [-0.2, 0) is 0 Å². The Bertz CT molecular complexity index is 1110. The van der Waals surface area contributed by atoms with Crippen molar-refractivity contribution in [3.63, 3.8) is 0 Å². The number of ether oxygens (including phenoxy) is 2. The fourth-order valence-electron chi connectivity index (χ4n) is 2.99. The molecule has 0 saturated heterocycles. The number of benzene rings is 3. The van der Waals surface area contributed by atoms with E-state index in [-0.39, 0.29) is 6.61 Å². The third-order valence-electron chi connectivity index (χ3n) is 4.14. The average molecular weight is 432 g/mol. The molecule has 0 unspecified atom stereocenters. The summed E-state index contributed by atoms with van der Waals surface area (Å²) in [6, 6.07) is 20.0. The van der Waals surface area contributed by atoms with Gasteiger partial charge in [0.2, 0.25) is 0 Å². The largest absolute Gasteiger partial charge is 0.490 e. The summed E-state index contributed by atoms with van der Waals surface area (Å²) in [5, 5.41) is 11.9. The van der Waals surface area contributed by atoms with Crippen molar-refractivity contribution in [1.82, 2.24) is 0 Å². The number of fused-ring (bicyclic) bond motifs is 1. The highest BCUT2D eigenvalue weighted by Crippen LogP contribution is 2.38. The zero-order valence-corrected chi connectivity index (χ0v) is 17.0. The zero-order valence-electron chi connectivity index (χ0n) is 15.4. The predicted molar refractivity (Wildman–Crippen MR) is 117 cm³/mol. The van der Waals surface area contributed by atoms with Crippen molar-refractivity contribution in [3.8, 4) is 29.9 Å². The van der Waals surface area contributed by atoms with Crippen molar-refractivity contribution >= 4 is 38.4 Å². The van der Waals surface area contributed by atoms with Crippen LogP contribution in [0.3, 0.4) is 0 Å². The molecule has 3 aromatic carbocycles. The monoisotopic (exact) mass is 431 g/mol. The van der Waals surface area contributed by atoms with Crippen LogP contribution in [0.4, 0.5) is 0 Å². The van der Waals surface area contributed by atoms with E-state index in [1.807, 2.05) is 67.6 Å². The lowest BCUT2D eigenvalue weighted by molar-refractivity contribution is 0.298. The summed E-state index contributed by atoms with van der Waals surface area (Å²) in [4.78, 5) is 0. The fourth-order valence-corrected chi connectivity index (χ4v) is 3.56. The van der Waals surface area contributed by atoms with E-state index < -0.39 is 0 Å². The minimum absolute atomic E-state index is 0.146. The minimum Gasteiger partial charge on any atom is -0.490 e. The van der Waals surface area contributed by atoms with Gasteiger partial charge in [0.1, 0.15) is 6.61 Å². The maximum Gasteiger partial charge on any atom is 0.176 e. The number of nitriles is 1. The van der Waals surface area contributed by atoms with Crippen LogP contribution in [0.25, 0.3) is 22.4 Å². The summed E-state index contributed by atoms with van der Waals surface area (Å²) in [5.74, 6) is 3.59. The molecule has 0 aliphatic rings. The van der Waals surface area contributed by atoms with Crippen molar-refractivity contribution in [2.75, 3.05) is 13.2 Å². The Balaban J connectivity index is 2.10. The number of hydrogen-bond acceptors (Lipinski definition) is 3. The molecule has 28 heavy (non-hydrogen) atoms. The van der Waals surface area contributed by atoms with Crippen LogP contribution >= 0.6 is 15.9 Å². The van der Waals surface area contributed by atoms with Gasteiger partial charge in [-0.1, -0.05) is 48.4 Å². The fraction of sp³-hybridized carbons (Fsp3) is 0.125. The summed E-state index contributed by atoms with van der Waals surface area (Å²) < 4.78 is 12.0. The van der Waals surface area contributed by atoms with Gasteiger partial charge in [-0.2, -0.15) is 5.26 Å². The number of nitrogens with zero attached hydrogens (tertiary/aromatic N) is 1. The third-order valence-corrected chi connectivity index (χ3v) is 4.73. The van der Waals surface area contributed by atoms with Gasteiger partial charge in [-0.25, -0.2) is 0 Å². The van der Waals surface area contributed by atoms with E-state index >= 15 is 0 Å². The highest BCUT2D eigenvalue weighted by atomic mass is 79.9. The Morgan fingerprint density at radius 1 is 1.14 bits per heavy atom. The quantitative estimate of drug-likeness (QED) is 0.270. The van der Waals surface area contributed by atoms with Gasteiger partial charge in [0.25, 0.3) is 0 Å². The van der Waals surface area contributed by atoms with E-state index in [9.17, 15) is 5.26 Å². The second-order valence-corrected chi connectivity index (χ2v) is 6.81. The van der Waals surface area contributed by atoms with Gasteiger partial charge in [0.05, 0.1) is 22.7 Å². The van der Waals surface area contributed by atoms with Gasteiger partial charge >= 0.3 is 0 Å². The topological polar surface area (TPSA) is 42.2 Å². The summed E-state index contributed by atoms with van der Waals surface area (Å²) in [5.41, 5.74) is 2.29. The van der Waals surface area contributed by atoms with Gasteiger partial charge in [-0.05, 0) is 57.4 Å². The molecule has 0 aromatic heterocycles. The molecule has 0 N–H and O–H groups in total. The summed E-state index contributed by atoms with van der Waals surface area (Å²) >= 11 is 3.52. The van der Waals surface area contributed by atoms with E-state index in [1.165, 1.54) is 0 Å². The van der Waals surface area contributed by atoms with Gasteiger partial charge in [-0.3, -0.25) is 0 Å². The van der Waals surface area contributed by atoms with Crippen molar-refractivity contribution in [3.05, 3.63) is 70.2 Å². The molecule has 0 aliphatic heterocycles. The molecule has 4 heteroatoms. The molecule has 0 aliphatic carbocycles. The van der Waals surface area contributed by atoms with Gasteiger partial charge < -0.3 is 9.47 Å². The van der Waals surface area contributed by atoms with E-state index in [2.05, 4.69) is 27.9 Å². The number of hydrogen-bond donors (Lipinski definition) is 0. The number of halogens is 1. The van der Waals surface area contributed by atoms with Crippen molar-refractivity contribution in [2.45, 2.75) is 6.92 Å². The lowest BCUT2D eigenvalue weighted by atomic mass is 9.97. The standard InChI is InChI=1S/C24H18BrNO2/c1-3-12-28-24-22(25)14-17(15-23(24)27-4-2)13-19(16-26)21-11-7-9-18-8-5-6-10-20(18)21/h1,5-11,13-15H,4,12H2,2H3/b19-13+. The van der Waals surface area contributed by atoms with Gasteiger partial charge in [0.15, 0.2) is 11.5 Å². The first-order chi connectivity index (χ1) is 13.7. The second-order valence-electron chi connectivity index (χ2n) is 5.95. The molecular formula is C24H18BrNO2. The Hall–Kier alpha value is -3.21. The van der Waals surface area contributed by atoms with Crippen LogP contribution in [0.15, 0.2) is 59.1 Å². The molecule has 0 saturated carbocycles. The number of allylic oxidation sites excluding steroid dienone is 1. The molecule has 0 heterocycles. The maximum absolute atomic E-state index is 9.80. The van der Waals surface area contributed by atoms with Gasteiger partial charge in [0, 0.05) is 5.56 Å². The SMILES string of the molecule is C#CCOc1c(Br)cc(/C=C(\C#N)c2cccc3ccccc23)cc1OCC. The van der Waals surface area contributed by atoms with Crippen molar-refractivity contribution in [2.24, 2.45) is 0 Å². The van der Waals surface area contributed by atoms with Crippen LogP contribution in [0, 0.1) is 23.7 Å². The van der Waals surface area contributed by atoms with E-state index in [1.54, 1.807) is 0 Å². The van der Waals surface area contributed by atoms with Crippen molar-refractivity contribution < 1.29 is 9.47 Å². The Labute approximate surface area is 173 Å². The zero-order chi connectivity index (χ0) is 19.9.